The molecule has 14 heavy (non-hydrogen) atoms. The van der Waals surface area contributed by atoms with Crippen molar-refractivity contribution in [2.45, 2.75) is 6.92 Å². The van der Waals surface area contributed by atoms with E-state index in [2.05, 4.69) is 25.4 Å². The molecule has 0 aliphatic carbocycles. The summed E-state index contributed by atoms with van der Waals surface area (Å²) < 4.78 is 48.0. The highest BCUT2D eigenvalue weighted by Crippen LogP contribution is 1.90. The molecule has 0 atom stereocenters. The third kappa shape index (κ3) is 6.71. The van der Waals surface area contributed by atoms with Gasteiger partial charge in [-0.3, -0.25) is 0 Å². The minimum atomic E-state index is -3.38. The van der Waals surface area contributed by atoms with Crippen molar-refractivity contribution in [2.24, 2.45) is 0 Å². The number of rotatable bonds is 7. The lowest BCUT2D eigenvalue weighted by Gasteiger charge is -2.05. The Morgan fingerprint density at radius 2 is 1.64 bits per heavy atom. The van der Waals surface area contributed by atoms with E-state index >= 15 is 0 Å². The highest BCUT2D eigenvalue weighted by Gasteiger charge is 2.11. The molecule has 0 saturated heterocycles. The number of alkyl halides is 1. The summed E-state index contributed by atoms with van der Waals surface area (Å²) >= 11 is 2.77. The number of hydrogen-bond acceptors (Lipinski definition) is 4. The molecule has 0 amide bonds. The molecular weight excluding hydrogens is 296 g/mol. The van der Waals surface area contributed by atoms with Crippen molar-refractivity contribution in [1.82, 2.24) is 9.44 Å². The molecule has 0 unspecified atom stereocenters. The molecule has 9 heteroatoms. The van der Waals surface area contributed by atoms with E-state index in [0.717, 1.165) is 0 Å². The van der Waals surface area contributed by atoms with Crippen molar-refractivity contribution in [2.75, 3.05) is 23.5 Å². The summed E-state index contributed by atoms with van der Waals surface area (Å²) in [5.41, 5.74) is 0. The lowest BCUT2D eigenvalue weighted by molar-refractivity contribution is 0.579. The largest absolute Gasteiger partial charge is 0.221 e. The Kier molecular flexibility index (Phi) is 6.14. The molecule has 2 N–H and O–H groups in total. The maximum Gasteiger partial charge on any atom is 0.221 e. The number of halogens is 1. The SMILES string of the molecule is CCNS(=O)(=O)CCNS(=O)(=O)CBr. The smallest absolute Gasteiger partial charge is 0.215 e. The molecule has 6 nitrogen and oxygen atoms in total. The van der Waals surface area contributed by atoms with Crippen molar-refractivity contribution >= 4 is 36.0 Å². The summed E-state index contributed by atoms with van der Waals surface area (Å²) in [5, 5.41) is 0. The van der Waals surface area contributed by atoms with Crippen LogP contribution in [0.4, 0.5) is 0 Å². The van der Waals surface area contributed by atoms with Crippen LogP contribution in [0.3, 0.4) is 0 Å². The van der Waals surface area contributed by atoms with E-state index in [1.165, 1.54) is 0 Å². The van der Waals surface area contributed by atoms with E-state index < -0.39 is 20.0 Å². The monoisotopic (exact) mass is 308 g/mol. The van der Waals surface area contributed by atoms with Gasteiger partial charge in [0.25, 0.3) is 0 Å². The van der Waals surface area contributed by atoms with Crippen LogP contribution in [0.5, 0.6) is 0 Å². The first kappa shape index (κ1) is 14.3. The lowest BCUT2D eigenvalue weighted by Crippen LogP contribution is -2.34. The van der Waals surface area contributed by atoms with Gasteiger partial charge in [-0.1, -0.05) is 22.9 Å². The molecular formula is C5H13BrN2O4S2. The number of nitrogens with one attached hydrogen (secondary N) is 2. The molecule has 0 aliphatic rings. The second kappa shape index (κ2) is 6.01. The van der Waals surface area contributed by atoms with Crippen LogP contribution < -0.4 is 9.44 Å². The second-order valence-electron chi connectivity index (χ2n) is 2.43. The Morgan fingerprint density at radius 3 is 2.07 bits per heavy atom. The van der Waals surface area contributed by atoms with Crippen LogP contribution in [-0.2, 0) is 20.0 Å². The molecule has 0 bridgehead atoms. The average molecular weight is 309 g/mol. The number of hydrogen-bond donors (Lipinski definition) is 2. The van der Waals surface area contributed by atoms with E-state index in [4.69, 9.17) is 0 Å². The van der Waals surface area contributed by atoms with E-state index in [9.17, 15) is 16.8 Å². The van der Waals surface area contributed by atoms with Crippen LogP contribution in [-0.4, -0.2) is 40.3 Å². The molecule has 0 aromatic rings. The Hall–Kier alpha value is 0.300. The van der Waals surface area contributed by atoms with Crippen molar-refractivity contribution < 1.29 is 16.8 Å². The predicted octanol–water partition coefficient (Wildman–Crippen LogP) is -0.802. The zero-order valence-electron chi connectivity index (χ0n) is 7.66. The first-order chi connectivity index (χ1) is 6.33. The fourth-order valence-electron chi connectivity index (χ4n) is 0.662. The Morgan fingerprint density at radius 1 is 1.07 bits per heavy atom. The van der Waals surface area contributed by atoms with E-state index in [0.29, 0.717) is 6.54 Å². The van der Waals surface area contributed by atoms with Crippen molar-refractivity contribution in [1.29, 1.82) is 0 Å². The summed E-state index contributed by atoms with van der Waals surface area (Å²) in [5.74, 6) is -0.257. The molecule has 0 aromatic heterocycles. The molecule has 0 heterocycles. The van der Waals surface area contributed by atoms with Gasteiger partial charge in [0.2, 0.25) is 20.0 Å². The third-order valence-corrected chi connectivity index (χ3v) is 5.41. The molecule has 86 valence electrons. The minimum absolute atomic E-state index is 0.122. The van der Waals surface area contributed by atoms with Gasteiger partial charge < -0.3 is 0 Å². The highest BCUT2D eigenvalue weighted by molar-refractivity contribution is 9.10. The minimum Gasteiger partial charge on any atom is -0.215 e. The highest BCUT2D eigenvalue weighted by atomic mass is 79.9. The zero-order chi connectivity index (χ0) is 11.2. The fourth-order valence-corrected chi connectivity index (χ4v) is 2.72. The van der Waals surface area contributed by atoms with Crippen molar-refractivity contribution in [3.8, 4) is 0 Å². The van der Waals surface area contributed by atoms with Gasteiger partial charge in [0.05, 0.1) is 5.75 Å². The first-order valence-electron chi connectivity index (χ1n) is 3.83. The fraction of sp³-hybridized carbons (Fsp3) is 1.00. The van der Waals surface area contributed by atoms with E-state index in [1.54, 1.807) is 6.92 Å². The summed E-state index contributed by atoms with van der Waals surface area (Å²) in [7, 11) is -6.74. The van der Waals surface area contributed by atoms with Crippen LogP contribution in [0.15, 0.2) is 0 Å². The summed E-state index contributed by atoms with van der Waals surface area (Å²) in [6, 6.07) is 0. The second-order valence-corrected chi connectivity index (χ2v) is 7.47. The average Bonchev–Trinajstić information content (AvgIpc) is 2.03. The van der Waals surface area contributed by atoms with Gasteiger partial charge >= 0.3 is 0 Å². The molecule has 0 aliphatic heterocycles. The Bertz CT molecular complexity index is 350. The quantitative estimate of drug-likeness (QED) is 0.602. The third-order valence-electron chi connectivity index (χ3n) is 1.20. The summed E-state index contributed by atoms with van der Waals surface area (Å²) in [6.07, 6.45) is 0. The lowest BCUT2D eigenvalue weighted by atomic mass is 10.8. The van der Waals surface area contributed by atoms with Gasteiger partial charge in [-0.15, -0.1) is 0 Å². The van der Waals surface area contributed by atoms with Gasteiger partial charge in [0.15, 0.2) is 0 Å². The standard InChI is InChI=1S/C5H13BrN2O4S2/c1-2-7-13(9,10)4-3-8-14(11,12)5-6/h7-8H,2-5H2,1H3. The Balaban J connectivity index is 3.98. The molecule has 0 fully saturated rings. The molecule has 0 spiro atoms. The number of sulfonamides is 2. The summed E-state index contributed by atoms with van der Waals surface area (Å²) in [6.45, 7) is 1.83. The molecule has 0 saturated carbocycles. The van der Waals surface area contributed by atoms with E-state index in [1.807, 2.05) is 0 Å². The first-order valence-corrected chi connectivity index (χ1v) is 8.26. The van der Waals surface area contributed by atoms with Gasteiger partial charge in [0.1, 0.15) is 4.66 Å². The van der Waals surface area contributed by atoms with Gasteiger partial charge in [-0.25, -0.2) is 26.3 Å². The van der Waals surface area contributed by atoms with Crippen LogP contribution in [0.2, 0.25) is 0 Å². The zero-order valence-corrected chi connectivity index (χ0v) is 10.9. The molecule has 0 aromatic carbocycles. The normalized spacial score (nSPS) is 13.0. The predicted molar refractivity (Wildman–Crippen MR) is 58.2 cm³/mol. The van der Waals surface area contributed by atoms with Crippen LogP contribution in [0.25, 0.3) is 0 Å². The van der Waals surface area contributed by atoms with Crippen molar-refractivity contribution in [3.63, 3.8) is 0 Å². The maximum atomic E-state index is 11.0. The van der Waals surface area contributed by atoms with E-state index in [-0.39, 0.29) is 17.0 Å². The summed E-state index contributed by atoms with van der Waals surface area (Å²) in [4.78, 5) is 0. The molecule has 0 radical (unpaired) electrons. The van der Waals surface area contributed by atoms with Crippen molar-refractivity contribution in [3.05, 3.63) is 0 Å². The molecule has 0 rings (SSSR count). The van der Waals surface area contributed by atoms with Crippen LogP contribution in [0, 0.1) is 0 Å². The van der Waals surface area contributed by atoms with Crippen LogP contribution in [0.1, 0.15) is 6.92 Å². The van der Waals surface area contributed by atoms with Crippen LogP contribution >= 0.6 is 15.9 Å². The van der Waals surface area contributed by atoms with Gasteiger partial charge in [-0.2, -0.15) is 0 Å². The maximum absolute atomic E-state index is 11.0. The van der Waals surface area contributed by atoms with Gasteiger partial charge in [-0.05, 0) is 0 Å². The topological polar surface area (TPSA) is 92.3 Å². The van der Waals surface area contributed by atoms with Gasteiger partial charge in [0, 0.05) is 13.1 Å². The Labute approximate surface area is 92.7 Å².